The highest BCUT2D eigenvalue weighted by Gasteiger charge is 2.41. The van der Waals surface area contributed by atoms with E-state index in [9.17, 15) is 13.2 Å². The molecule has 1 fully saturated rings. The molecule has 1 saturated heterocycles. The van der Waals surface area contributed by atoms with Crippen LogP contribution in [0.5, 0.6) is 0 Å². The summed E-state index contributed by atoms with van der Waals surface area (Å²) in [5.41, 5.74) is 0. The molecule has 1 heterocycles. The standard InChI is InChI=1S/C5H8F3N.ClH/c6-4-3-9-2-1-5(4,7)8;/h4,9H,1-3H2;1H/t4-;/m1./s1. The predicted octanol–water partition coefficient (Wildman–Crippen LogP) is 1.37. The van der Waals surface area contributed by atoms with E-state index in [-0.39, 0.29) is 31.9 Å². The van der Waals surface area contributed by atoms with Gasteiger partial charge in [-0.1, -0.05) is 0 Å². The Bertz CT molecular complexity index is 109. The Labute approximate surface area is 63.4 Å². The molecule has 0 bridgehead atoms. The molecule has 0 radical (unpaired) electrons. The average Bonchev–Trinajstić information content (AvgIpc) is 1.77. The van der Waals surface area contributed by atoms with E-state index in [1.807, 2.05) is 0 Å². The summed E-state index contributed by atoms with van der Waals surface area (Å²) in [5, 5.41) is 2.54. The van der Waals surface area contributed by atoms with E-state index in [0.717, 1.165) is 0 Å². The highest BCUT2D eigenvalue weighted by atomic mass is 35.5. The van der Waals surface area contributed by atoms with Crippen molar-refractivity contribution in [1.82, 2.24) is 5.32 Å². The maximum atomic E-state index is 12.2. The van der Waals surface area contributed by atoms with E-state index in [4.69, 9.17) is 0 Å². The number of hydrogen-bond donors (Lipinski definition) is 1. The van der Waals surface area contributed by atoms with Crippen molar-refractivity contribution in [1.29, 1.82) is 0 Å². The van der Waals surface area contributed by atoms with Gasteiger partial charge in [-0.3, -0.25) is 0 Å². The fourth-order valence-electron chi connectivity index (χ4n) is 0.790. The van der Waals surface area contributed by atoms with Crippen molar-refractivity contribution in [3.63, 3.8) is 0 Å². The summed E-state index contributed by atoms with van der Waals surface area (Å²) in [6.45, 7) is 0.000417. The molecular weight excluding hydrogens is 167 g/mol. The highest BCUT2D eigenvalue weighted by molar-refractivity contribution is 5.85. The normalized spacial score (nSPS) is 30.9. The van der Waals surface area contributed by atoms with Crippen LogP contribution in [-0.4, -0.2) is 25.2 Å². The van der Waals surface area contributed by atoms with Crippen molar-refractivity contribution in [3.8, 4) is 0 Å². The largest absolute Gasteiger partial charge is 0.313 e. The van der Waals surface area contributed by atoms with Gasteiger partial charge in [0, 0.05) is 19.5 Å². The molecule has 0 unspecified atom stereocenters. The lowest BCUT2D eigenvalue weighted by molar-refractivity contribution is -0.0896. The van der Waals surface area contributed by atoms with Crippen molar-refractivity contribution in [3.05, 3.63) is 0 Å². The van der Waals surface area contributed by atoms with Gasteiger partial charge in [0.2, 0.25) is 0 Å². The zero-order valence-electron chi connectivity index (χ0n) is 5.24. The van der Waals surface area contributed by atoms with E-state index >= 15 is 0 Å². The average molecular weight is 176 g/mol. The van der Waals surface area contributed by atoms with Gasteiger partial charge in [0.15, 0.2) is 6.17 Å². The number of nitrogens with one attached hydrogen (secondary N) is 1. The summed E-state index contributed by atoms with van der Waals surface area (Å²) in [4.78, 5) is 0. The first-order valence-electron chi connectivity index (χ1n) is 2.85. The van der Waals surface area contributed by atoms with E-state index < -0.39 is 12.1 Å². The molecule has 0 aromatic heterocycles. The first-order chi connectivity index (χ1) is 4.13. The Hall–Kier alpha value is 0.0400. The first kappa shape index (κ1) is 10.0. The predicted molar refractivity (Wildman–Crippen MR) is 34.6 cm³/mol. The molecule has 1 nitrogen and oxygen atoms in total. The van der Waals surface area contributed by atoms with Crippen LogP contribution in [0.4, 0.5) is 13.2 Å². The van der Waals surface area contributed by atoms with Gasteiger partial charge in [-0.15, -0.1) is 12.4 Å². The number of alkyl halides is 3. The molecule has 5 heteroatoms. The highest BCUT2D eigenvalue weighted by Crippen LogP contribution is 2.26. The molecule has 0 aromatic carbocycles. The third-order valence-corrected chi connectivity index (χ3v) is 1.42. The molecule has 1 N–H and O–H groups in total. The van der Waals surface area contributed by atoms with Crippen LogP contribution in [0, 0.1) is 0 Å². The molecule has 1 aliphatic rings. The van der Waals surface area contributed by atoms with Gasteiger partial charge in [-0.05, 0) is 0 Å². The smallest absolute Gasteiger partial charge is 0.281 e. The quantitative estimate of drug-likeness (QED) is 0.587. The number of hydrogen-bond acceptors (Lipinski definition) is 1. The number of rotatable bonds is 0. The molecule has 0 aromatic rings. The lowest BCUT2D eigenvalue weighted by Crippen LogP contribution is -2.46. The minimum Gasteiger partial charge on any atom is -0.313 e. The Morgan fingerprint density at radius 2 is 2.00 bits per heavy atom. The Balaban J connectivity index is 0.000000810. The van der Waals surface area contributed by atoms with Gasteiger partial charge >= 0.3 is 0 Å². The summed E-state index contributed by atoms with van der Waals surface area (Å²) in [6, 6.07) is 0. The molecule has 0 amide bonds. The summed E-state index contributed by atoms with van der Waals surface area (Å²) in [7, 11) is 0. The van der Waals surface area contributed by atoms with Crippen LogP contribution in [0.2, 0.25) is 0 Å². The van der Waals surface area contributed by atoms with E-state index in [2.05, 4.69) is 5.32 Å². The second-order valence-corrected chi connectivity index (χ2v) is 2.18. The van der Waals surface area contributed by atoms with Gasteiger partial charge in [-0.25, -0.2) is 13.2 Å². The first-order valence-corrected chi connectivity index (χ1v) is 2.85. The van der Waals surface area contributed by atoms with Crippen molar-refractivity contribution in [2.45, 2.75) is 18.5 Å². The molecule has 62 valence electrons. The van der Waals surface area contributed by atoms with Gasteiger partial charge in [0.1, 0.15) is 0 Å². The Morgan fingerprint density at radius 3 is 2.30 bits per heavy atom. The van der Waals surface area contributed by atoms with Gasteiger partial charge < -0.3 is 5.32 Å². The number of halogens is 4. The number of piperidine rings is 1. The van der Waals surface area contributed by atoms with Crippen LogP contribution < -0.4 is 5.32 Å². The zero-order valence-corrected chi connectivity index (χ0v) is 6.06. The van der Waals surface area contributed by atoms with E-state index in [0.29, 0.717) is 0 Å². The molecule has 0 aliphatic carbocycles. The molecule has 1 aliphatic heterocycles. The van der Waals surface area contributed by atoms with Gasteiger partial charge in [0.05, 0.1) is 0 Å². The SMILES string of the molecule is Cl.F[C@@H]1CNCCC1(F)F. The minimum atomic E-state index is -3.09. The third kappa shape index (κ3) is 2.02. The third-order valence-electron chi connectivity index (χ3n) is 1.42. The molecule has 10 heavy (non-hydrogen) atoms. The van der Waals surface area contributed by atoms with Crippen molar-refractivity contribution in [2.24, 2.45) is 0 Å². The molecule has 1 atom stereocenters. The zero-order chi connectivity index (χ0) is 6.91. The minimum absolute atomic E-state index is 0. The summed E-state index contributed by atoms with van der Waals surface area (Å²) >= 11 is 0. The molecule has 1 rings (SSSR count). The topological polar surface area (TPSA) is 12.0 Å². The van der Waals surface area contributed by atoms with Crippen molar-refractivity contribution in [2.75, 3.05) is 13.1 Å². The Kier molecular flexibility index (Phi) is 3.45. The fourth-order valence-corrected chi connectivity index (χ4v) is 0.790. The molecule has 0 saturated carbocycles. The monoisotopic (exact) mass is 175 g/mol. The lowest BCUT2D eigenvalue weighted by atomic mass is 10.1. The van der Waals surface area contributed by atoms with Crippen LogP contribution in [0.1, 0.15) is 6.42 Å². The van der Waals surface area contributed by atoms with E-state index in [1.165, 1.54) is 0 Å². The Morgan fingerprint density at radius 1 is 1.40 bits per heavy atom. The molecule has 0 spiro atoms. The van der Waals surface area contributed by atoms with E-state index in [1.54, 1.807) is 0 Å². The summed E-state index contributed by atoms with van der Waals surface area (Å²) in [6.07, 6.45) is -2.38. The summed E-state index contributed by atoms with van der Waals surface area (Å²) in [5.74, 6) is -3.09. The molecular formula is C5H9ClF3N. The van der Waals surface area contributed by atoms with Crippen molar-refractivity contribution >= 4 is 12.4 Å². The maximum absolute atomic E-state index is 12.2. The van der Waals surface area contributed by atoms with Crippen LogP contribution in [0.25, 0.3) is 0 Å². The van der Waals surface area contributed by atoms with Crippen LogP contribution in [0.3, 0.4) is 0 Å². The summed E-state index contributed by atoms with van der Waals surface area (Å²) < 4.78 is 36.5. The van der Waals surface area contributed by atoms with Gasteiger partial charge in [0.25, 0.3) is 5.92 Å². The second-order valence-electron chi connectivity index (χ2n) is 2.18. The van der Waals surface area contributed by atoms with Gasteiger partial charge in [-0.2, -0.15) is 0 Å². The second kappa shape index (κ2) is 3.44. The van der Waals surface area contributed by atoms with Crippen LogP contribution >= 0.6 is 12.4 Å². The van der Waals surface area contributed by atoms with Crippen LogP contribution in [-0.2, 0) is 0 Å². The fraction of sp³-hybridized carbons (Fsp3) is 1.00. The lowest BCUT2D eigenvalue weighted by Gasteiger charge is -2.25. The maximum Gasteiger partial charge on any atom is 0.281 e. The van der Waals surface area contributed by atoms with Crippen molar-refractivity contribution < 1.29 is 13.2 Å². The van der Waals surface area contributed by atoms with Crippen LogP contribution in [0.15, 0.2) is 0 Å².